The molecule has 1 aromatic carbocycles. The van der Waals surface area contributed by atoms with Crippen LogP contribution >= 0.6 is 0 Å². The van der Waals surface area contributed by atoms with Crippen molar-refractivity contribution < 1.29 is 4.79 Å². The van der Waals surface area contributed by atoms with Crippen LogP contribution in [0.15, 0.2) is 36.5 Å². The number of carbonyl (C=O) groups excluding carboxylic acids is 1. The predicted molar refractivity (Wildman–Crippen MR) is 71.9 cm³/mol. The number of rotatable bonds is 3. The second-order valence-corrected chi connectivity index (χ2v) is 4.27. The van der Waals surface area contributed by atoms with Gasteiger partial charge in [-0.1, -0.05) is 0 Å². The van der Waals surface area contributed by atoms with Crippen LogP contribution in [0.25, 0.3) is 0 Å². The van der Waals surface area contributed by atoms with Gasteiger partial charge in [-0.2, -0.15) is 5.10 Å². The Bertz CT molecular complexity index is 542. The molecule has 0 spiro atoms. The fourth-order valence-corrected chi connectivity index (χ4v) is 1.58. The van der Waals surface area contributed by atoms with E-state index in [2.05, 4.69) is 10.4 Å². The first-order valence-corrected chi connectivity index (χ1v) is 5.64. The number of benzene rings is 1. The molecule has 18 heavy (non-hydrogen) atoms. The summed E-state index contributed by atoms with van der Waals surface area (Å²) in [7, 11) is 5.73. The van der Waals surface area contributed by atoms with Gasteiger partial charge in [0.1, 0.15) is 0 Å². The first-order chi connectivity index (χ1) is 8.56. The molecule has 0 saturated heterocycles. The lowest BCUT2D eigenvalue weighted by Gasteiger charge is -2.12. The standard InChI is InChI=1S/C13H16N4O/c1-16(2)11-6-4-10(5-7-11)13(18)14-12-8-9-17(3)15-12/h4-9H,1-3H3,(H,14,15,18). The maximum atomic E-state index is 11.9. The molecule has 5 heteroatoms. The average molecular weight is 244 g/mol. The Labute approximate surface area is 106 Å². The summed E-state index contributed by atoms with van der Waals surface area (Å²) in [6.07, 6.45) is 1.78. The second-order valence-electron chi connectivity index (χ2n) is 4.27. The molecule has 0 atom stereocenters. The second kappa shape index (κ2) is 4.91. The number of amides is 1. The molecular weight excluding hydrogens is 228 g/mol. The number of carbonyl (C=O) groups is 1. The molecule has 2 rings (SSSR count). The lowest BCUT2D eigenvalue weighted by Crippen LogP contribution is -2.13. The van der Waals surface area contributed by atoms with E-state index in [-0.39, 0.29) is 5.91 Å². The number of nitrogens with one attached hydrogen (secondary N) is 1. The summed E-state index contributed by atoms with van der Waals surface area (Å²) in [6.45, 7) is 0. The summed E-state index contributed by atoms with van der Waals surface area (Å²) in [5.41, 5.74) is 1.68. The van der Waals surface area contributed by atoms with Crippen molar-refractivity contribution in [2.45, 2.75) is 0 Å². The van der Waals surface area contributed by atoms with Gasteiger partial charge in [0.25, 0.3) is 5.91 Å². The van der Waals surface area contributed by atoms with Crippen LogP contribution in [0.4, 0.5) is 11.5 Å². The van der Waals surface area contributed by atoms with Gasteiger partial charge in [-0.25, -0.2) is 0 Å². The van der Waals surface area contributed by atoms with Gasteiger partial charge in [0.2, 0.25) is 0 Å². The van der Waals surface area contributed by atoms with Crippen LogP contribution in [0.1, 0.15) is 10.4 Å². The van der Waals surface area contributed by atoms with Gasteiger partial charge in [-0.3, -0.25) is 9.48 Å². The van der Waals surface area contributed by atoms with Crippen LogP contribution in [0, 0.1) is 0 Å². The molecule has 1 heterocycles. The van der Waals surface area contributed by atoms with Crippen molar-refractivity contribution in [2.75, 3.05) is 24.3 Å². The van der Waals surface area contributed by atoms with Gasteiger partial charge < -0.3 is 10.2 Å². The van der Waals surface area contributed by atoms with E-state index in [4.69, 9.17) is 0 Å². The van der Waals surface area contributed by atoms with E-state index in [1.165, 1.54) is 0 Å². The van der Waals surface area contributed by atoms with Gasteiger partial charge in [-0.15, -0.1) is 0 Å². The monoisotopic (exact) mass is 244 g/mol. The van der Waals surface area contributed by atoms with Crippen LogP contribution in [0.5, 0.6) is 0 Å². The van der Waals surface area contributed by atoms with Crippen molar-refractivity contribution in [1.82, 2.24) is 9.78 Å². The number of aromatic nitrogens is 2. The Hall–Kier alpha value is -2.30. The van der Waals surface area contributed by atoms with Crippen molar-refractivity contribution >= 4 is 17.4 Å². The highest BCUT2D eigenvalue weighted by Crippen LogP contribution is 2.13. The third-order valence-electron chi connectivity index (χ3n) is 2.60. The van der Waals surface area contributed by atoms with Crippen LogP contribution in [0.3, 0.4) is 0 Å². The zero-order valence-corrected chi connectivity index (χ0v) is 10.7. The molecule has 0 saturated carbocycles. The zero-order valence-electron chi connectivity index (χ0n) is 10.7. The van der Waals surface area contributed by atoms with E-state index in [0.717, 1.165) is 5.69 Å². The Kier molecular flexibility index (Phi) is 3.32. The Morgan fingerprint density at radius 3 is 2.39 bits per heavy atom. The normalized spacial score (nSPS) is 10.2. The van der Waals surface area contributed by atoms with Crippen LogP contribution in [0.2, 0.25) is 0 Å². The molecule has 5 nitrogen and oxygen atoms in total. The molecule has 2 aromatic rings. The molecular formula is C13H16N4O. The summed E-state index contributed by atoms with van der Waals surface area (Å²) in [6, 6.07) is 9.17. The fraction of sp³-hybridized carbons (Fsp3) is 0.231. The van der Waals surface area contributed by atoms with Gasteiger partial charge >= 0.3 is 0 Å². The molecule has 0 aliphatic heterocycles. The van der Waals surface area contributed by atoms with E-state index < -0.39 is 0 Å². The number of hydrogen-bond donors (Lipinski definition) is 1. The largest absolute Gasteiger partial charge is 0.378 e. The summed E-state index contributed by atoms with van der Waals surface area (Å²) < 4.78 is 1.64. The highest BCUT2D eigenvalue weighted by molar-refractivity contribution is 6.03. The van der Waals surface area contributed by atoms with E-state index >= 15 is 0 Å². The zero-order chi connectivity index (χ0) is 13.1. The molecule has 0 unspecified atom stereocenters. The number of hydrogen-bond acceptors (Lipinski definition) is 3. The molecule has 0 aliphatic carbocycles. The highest BCUT2D eigenvalue weighted by atomic mass is 16.1. The summed E-state index contributed by atoms with van der Waals surface area (Å²) in [5.74, 6) is 0.401. The average Bonchev–Trinajstić information content (AvgIpc) is 2.75. The summed E-state index contributed by atoms with van der Waals surface area (Å²) in [5, 5.41) is 6.84. The minimum absolute atomic E-state index is 0.154. The van der Waals surface area contributed by atoms with E-state index in [1.54, 1.807) is 29.1 Å². The maximum Gasteiger partial charge on any atom is 0.256 e. The van der Waals surface area contributed by atoms with Crippen molar-refractivity contribution in [3.63, 3.8) is 0 Å². The Morgan fingerprint density at radius 2 is 1.89 bits per heavy atom. The molecule has 0 aliphatic rings. The van der Waals surface area contributed by atoms with Crippen molar-refractivity contribution in [3.05, 3.63) is 42.1 Å². The van der Waals surface area contributed by atoms with Crippen LogP contribution < -0.4 is 10.2 Å². The maximum absolute atomic E-state index is 11.9. The molecule has 94 valence electrons. The molecule has 1 amide bonds. The number of nitrogens with zero attached hydrogens (tertiary/aromatic N) is 3. The lowest BCUT2D eigenvalue weighted by atomic mass is 10.2. The highest BCUT2D eigenvalue weighted by Gasteiger charge is 2.07. The Balaban J connectivity index is 2.09. The van der Waals surface area contributed by atoms with Crippen LogP contribution in [-0.4, -0.2) is 29.8 Å². The minimum atomic E-state index is -0.154. The number of aryl methyl sites for hydroxylation is 1. The van der Waals surface area contributed by atoms with Gasteiger partial charge in [0.05, 0.1) is 0 Å². The third-order valence-corrected chi connectivity index (χ3v) is 2.60. The number of anilines is 2. The van der Waals surface area contributed by atoms with Crippen molar-refractivity contribution in [1.29, 1.82) is 0 Å². The topological polar surface area (TPSA) is 50.2 Å². The smallest absolute Gasteiger partial charge is 0.256 e. The molecule has 0 bridgehead atoms. The lowest BCUT2D eigenvalue weighted by molar-refractivity contribution is 0.102. The van der Waals surface area contributed by atoms with Crippen molar-refractivity contribution in [3.8, 4) is 0 Å². The molecule has 1 N–H and O–H groups in total. The van der Waals surface area contributed by atoms with E-state index in [0.29, 0.717) is 11.4 Å². The van der Waals surface area contributed by atoms with E-state index in [9.17, 15) is 4.79 Å². The fourth-order valence-electron chi connectivity index (χ4n) is 1.58. The van der Waals surface area contributed by atoms with Gasteiger partial charge in [0, 0.05) is 44.7 Å². The summed E-state index contributed by atoms with van der Waals surface area (Å²) >= 11 is 0. The minimum Gasteiger partial charge on any atom is -0.378 e. The summed E-state index contributed by atoms with van der Waals surface area (Å²) in [4.78, 5) is 13.9. The van der Waals surface area contributed by atoms with E-state index in [1.807, 2.05) is 38.2 Å². The van der Waals surface area contributed by atoms with Crippen molar-refractivity contribution in [2.24, 2.45) is 7.05 Å². The van der Waals surface area contributed by atoms with Crippen LogP contribution in [-0.2, 0) is 7.05 Å². The molecule has 0 fully saturated rings. The molecule has 1 aromatic heterocycles. The SMILES string of the molecule is CN(C)c1ccc(C(=O)Nc2ccn(C)n2)cc1. The first kappa shape index (κ1) is 12.2. The Morgan fingerprint density at radius 1 is 1.22 bits per heavy atom. The van der Waals surface area contributed by atoms with Gasteiger partial charge in [0.15, 0.2) is 5.82 Å². The van der Waals surface area contributed by atoms with Gasteiger partial charge in [-0.05, 0) is 24.3 Å². The predicted octanol–water partition coefficient (Wildman–Crippen LogP) is 1.74. The molecule has 0 radical (unpaired) electrons. The first-order valence-electron chi connectivity index (χ1n) is 5.64. The third kappa shape index (κ3) is 2.68. The quantitative estimate of drug-likeness (QED) is 0.894.